The Balaban J connectivity index is 2.09. The molecule has 0 N–H and O–H groups in total. The summed E-state index contributed by atoms with van der Waals surface area (Å²) in [7, 11) is 0. The number of rotatable bonds is 3. The van der Waals surface area contributed by atoms with Crippen LogP contribution in [0.4, 0.5) is 5.95 Å². The van der Waals surface area contributed by atoms with Crippen LogP contribution in [0.25, 0.3) is 0 Å². The van der Waals surface area contributed by atoms with Gasteiger partial charge in [0.05, 0.1) is 13.2 Å². The first kappa shape index (κ1) is 10.3. The molecule has 0 saturated carbocycles. The topological polar surface area (TPSA) is 51.1 Å². The maximum Gasteiger partial charge on any atom is 0.228 e. The highest BCUT2D eigenvalue weighted by Crippen LogP contribution is 2.08. The number of nitrogens with zero attached hydrogens (tertiary/aromatic N) is 4. The Hall–Kier alpha value is -1.23. The van der Waals surface area contributed by atoms with Crippen molar-refractivity contribution in [1.82, 2.24) is 15.0 Å². The maximum atomic E-state index is 5.29. The molecule has 0 aliphatic carbocycles. The Labute approximate surface area is 89.5 Å². The second-order valence-electron chi connectivity index (χ2n) is 3.55. The summed E-state index contributed by atoms with van der Waals surface area (Å²) in [6.07, 6.45) is 3.58. The molecule has 2 rings (SSSR count). The van der Waals surface area contributed by atoms with Gasteiger partial charge in [-0.05, 0) is 6.42 Å². The molecule has 5 heteroatoms. The van der Waals surface area contributed by atoms with Gasteiger partial charge in [-0.2, -0.15) is 4.98 Å². The Bertz CT molecular complexity index is 312. The molecule has 2 heterocycles. The fourth-order valence-corrected chi connectivity index (χ4v) is 1.58. The monoisotopic (exact) mass is 208 g/mol. The van der Waals surface area contributed by atoms with Crippen LogP contribution < -0.4 is 4.90 Å². The van der Waals surface area contributed by atoms with E-state index in [2.05, 4.69) is 26.8 Å². The molecule has 0 aromatic carbocycles. The molecule has 0 unspecified atom stereocenters. The third kappa shape index (κ3) is 2.62. The fourth-order valence-electron chi connectivity index (χ4n) is 1.58. The van der Waals surface area contributed by atoms with Crippen molar-refractivity contribution in [3.05, 3.63) is 12.2 Å². The zero-order valence-corrected chi connectivity index (χ0v) is 9.02. The lowest BCUT2D eigenvalue weighted by Gasteiger charge is -2.26. The average molecular weight is 208 g/mol. The number of aromatic nitrogens is 3. The summed E-state index contributed by atoms with van der Waals surface area (Å²) in [4.78, 5) is 14.9. The van der Waals surface area contributed by atoms with Crippen LogP contribution >= 0.6 is 0 Å². The van der Waals surface area contributed by atoms with Gasteiger partial charge in [-0.1, -0.05) is 6.92 Å². The molecule has 0 spiro atoms. The lowest BCUT2D eigenvalue weighted by Crippen LogP contribution is -2.37. The highest BCUT2D eigenvalue weighted by molar-refractivity contribution is 5.28. The SMILES string of the molecule is CCCc1ncnc(N2CCOCC2)n1. The Morgan fingerprint density at radius 2 is 2.13 bits per heavy atom. The van der Waals surface area contributed by atoms with Gasteiger partial charge in [0.1, 0.15) is 12.2 Å². The lowest BCUT2D eigenvalue weighted by molar-refractivity contribution is 0.122. The van der Waals surface area contributed by atoms with Crippen molar-refractivity contribution in [2.24, 2.45) is 0 Å². The molecule has 1 aliphatic heterocycles. The summed E-state index contributed by atoms with van der Waals surface area (Å²) in [5.74, 6) is 1.67. The van der Waals surface area contributed by atoms with Gasteiger partial charge >= 0.3 is 0 Å². The van der Waals surface area contributed by atoms with Crippen LogP contribution in [0.5, 0.6) is 0 Å². The van der Waals surface area contributed by atoms with Gasteiger partial charge in [-0.3, -0.25) is 0 Å². The van der Waals surface area contributed by atoms with Gasteiger partial charge in [0.25, 0.3) is 0 Å². The molecule has 5 nitrogen and oxygen atoms in total. The van der Waals surface area contributed by atoms with Crippen LogP contribution in [0.3, 0.4) is 0 Å². The third-order valence-corrected chi connectivity index (χ3v) is 2.38. The standard InChI is InChI=1S/C10H16N4O/c1-2-3-9-11-8-12-10(13-9)14-4-6-15-7-5-14/h8H,2-7H2,1H3. The van der Waals surface area contributed by atoms with Gasteiger partial charge in [0.2, 0.25) is 5.95 Å². The molecular weight excluding hydrogens is 192 g/mol. The minimum absolute atomic E-state index is 0.759. The van der Waals surface area contributed by atoms with Gasteiger partial charge < -0.3 is 9.64 Å². The van der Waals surface area contributed by atoms with E-state index in [4.69, 9.17) is 4.74 Å². The van der Waals surface area contributed by atoms with Crippen molar-refractivity contribution in [3.63, 3.8) is 0 Å². The summed E-state index contributed by atoms with van der Waals surface area (Å²) in [5.41, 5.74) is 0. The first-order chi connectivity index (χ1) is 7.40. The summed E-state index contributed by atoms with van der Waals surface area (Å²) in [6.45, 7) is 5.38. The first-order valence-corrected chi connectivity index (χ1v) is 5.40. The quantitative estimate of drug-likeness (QED) is 0.730. The van der Waals surface area contributed by atoms with E-state index >= 15 is 0 Å². The molecule has 0 bridgehead atoms. The largest absolute Gasteiger partial charge is 0.378 e. The molecule has 15 heavy (non-hydrogen) atoms. The Morgan fingerprint density at radius 3 is 2.87 bits per heavy atom. The number of ether oxygens (including phenoxy) is 1. The smallest absolute Gasteiger partial charge is 0.228 e. The van der Waals surface area contributed by atoms with E-state index in [0.29, 0.717) is 0 Å². The minimum Gasteiger partial charge on any atom is -0.378 e. The van der Waals surface area contributed by atoms with Crippen molar-refractivity contribution >= 4 is 5.95 Å². The van der Waals surface area contributed by atoms with Gasteiger partial charge in [0, 0.05) is 19.5 Å². The van der Waals surface area contributed by atoms with Crippen molar-refractivity contribution < 1.29 is 4.74 Å². The van der Waals surface area contributed by atoms with Gasteiger partial charge in [0.15, 0.2) is 0 Å². The van der Waals surface area contributed by atoms with Crippen LogP contribution in [0, 0.1) is 0 Å². The number of aryl methyl sites for hydroxylation is 1. The summed E-state index contributed by atoms with van der Waals surface area (Å²) in [5, 5.41) is 0. The third-order valence-electron chi connectivity index (χ3n) is 2.38. The number of anilines is 1. The molecule has 0 amide bonds. The Kier molecular flexibility index (Phi) is 3.45. The molecule has 1 fully saturated rings. The molecule has 1 aromatic heterocycles. The van der Waals surface area contributed by atoms with Crippen molar-refractivity contribution in [1.29, 1.82) is 0 Å². The number of hydrogen-bond donors (Lipinski definition) is 0. The Morgan fingerprint density at radius 1 is 1.33 bits per heavy atom. The molecule has 1 saturated heterocycles. The van der Waals surface area contributed by atoms with E-state index in [-0.39, 0.29) is 0 Å². The van der Waals surface area contributed by atoms with Crippen LogP contribution in [0.1, 0.15) is 19.2 Å². The number of morpholine rings is 1. The van der Waals surface area contributed by atoms with Crippen molar-refractivity contribution in [2.45, 2.75) is 19.8 Å². The maximum absolute atomic E-state index is 5.29. The fraction of sp³-hybridized carbons (Fsp3) is 0.700. The van der Waals surface area contributed by atoms with Crippen molar-refractivity contribution in [3.8, 4) is 0 Å². The first-order valence-electron chi connectivity index (χ1n) is 5.40. The van der Waals surface area contributed by atoms with Crippen LogP contribution in [-0.2, 0) is 11.2 Å². The average Bonchev–Trinajstić information content (AvgIpc) is 2.31. The summed E-state index contributed by atoms with van der Waals surface area (Å²) in [6, 6.07) is 0. The van der Waals surface area contributed by atoms with E-state index in [9.17, 15) is 0 Å². The molecule has 1 aromatic rings. The molecule has 0 radical (unpaired) electrons. The zero-order chi connectivity index (χ0) is 10.5. The highest BCUT2D eigenvalue weighted by Gasteiger charge is 2.13. The van der Waals surface area contributed by atoms with E-state index in [1.807, 2.05) is 0 Å². The zero-order valence-electron chi connectivity index (χ0n) is 9.02. The lowest BCUT2D eigenvalue weighted by atomic mass is 10.3. The molecule has 1 aliphatic rings. The molecule has 0 atom stereocenters. The van der Waals surface area contributed by atoms with Crippen LogP contribution in [0.15, 0.2) is 6.33 Å². The van der Waals surface area contributed by atoms with Gasteiger partial charge in [-0.25, -0.2) is 9.97 Å². The van der Waals surface area contributed by atoms with E-state index in [1.165, 1.54) is 0 Å². The van der Waals surface area contributed by atoms with Gasteiger partial charge in [-0.15, -0.1) is 0 Å². The normalized spacial score (nSPS) is 16.7. The molecule has 82 valence electrons. The minimum atomic E-state index is 0.759. The second-order valence-corrected chi connectivity index (χ2v) is 3.55. The summed E-state index contributed by atoms with van der Waals surface area (Å²) < 4.78 is 5.29. The van der Waals surface area contributed by atoms with E-state index in [0.717, 1.165) is 50.9 Å². The highest BCUT2D eigenvalue weighted by atomic mass is 16.5. The number of hydrogen-bond acceptors (Lipinski definition) is 5. The van der Waals surface area contributed by atoms with Crippen LogP contribution in [-0.4, -0.2) is 41.3 Å². The summed E-state index contributed by atoms with van der Waals surface area (Å²) >= 11 is 0. The van der Waals surface area contributed by atoms with E-state index < -0.39 is 0 Å². The predicted molar refractivity (Wildman–Crippen MR) is 56.9 cm³/mol. The molecular formula is C10H16N4O. The van der Waals surface area contributed by atoms with E-state index in [1.54, 1.807) is 6.33 Å². The van der Waals surface area contributed by atoms with Crippen molar-refractivity contribution in [2.75, 3.05) is 31.2 Å². The predicted octanol–water partition coefficient (Wildman–Crippen LogP) is 0.661. The van der Waals surface area contributed by atoms with Crippen LogP contribution in [0.2, 0.25) is 0 Å². The second kappa shape index (κ2) is 5.02.